The molecule has 0 amide bonds. The van der Waals surface area contributed by atoms with E-state index in [-0.39, 0.29) is 29.8 Å². The summed E-state index contributed by atoms with van der Waals surface area (Å²) < 4.78 is 33.3. The van der Waals surface area contributed by atoms with Gasteiger partial charge >= 0.3 is 5.97 Å². The Kier molecular flexibility index (Phi) is 6.38. The van der Waals surface area contributed by atoms with Gasteiger partial charge in [-0.25, -0.2) is 17.9 Å². The minimum absolute atomic E-state index is 0.0266. The molecule has 21 heavy (non-hydrogen) atoms. The summed E-state index contributed by atoms with van der Waals surface area (Å²) in [5.41, 5.74) is -0.0318. The molecule has 1 aromatic rings. The van der Waals surface area contributed by atoms with Crippen LogP contribution < -0.4 is 4.72 Å². The molecule has 0 spiro atoms. The van der Waals surface area contributed by atoms with Gasteiger partial charge in [-0.15, -0.1) is 0 Å². The summed E-state index contributed by atoms with van der Waals surface area (Å²) in [6, 6.07) is 1.17. The summed E-state index contributed by atoms with van der Waals surface area (Å²) in [6.45, 7) is 6.46. The second-order valence-electron chi connectivity index (χ2n) is 4.88. The number of carbonyl (C=O) groups is 1. The van der Waals surface area contributed by atoms with Crippen LogP contribution in [0.25, 0.3) is 0 Å². The monoisotopic (exact) mass is 318 g/mol. The maximum absolute atomic E-state index is 12.1. The van der Waals surface area contributed by atoms with E-state index in [9.17, 15) is 13.2 Å². The number of nitrogens with zero attached hydrogens (tertiary/aromatic N) is 1. The number of aromatic carboxylic acids is 1. The number of nitrogens with one attached hydrogen (secondary N) is 1. The van der Waals surface area contributed by atoms with Crippen LogP contribution in [-0.2, 0) is 21.3 Å². The van der Waals surface area contributed by atoms with Gasteiger partial charge in [-0.05, 0) is 26.3 Å². The number of rotatable bonds is 9. The molecule has 0 aliphatic carbocycles. The first-order valence-electron chi connectivity index (χ1n) is 6.82. The lowest BCUT2D eigenvalue weighted by atomic mass is 10.4. The summed E-state index contributed by atoms with van der Waals surface area (Å²) >= 11 is 0. The van der Waals surface area contributed by atoms with E-state index in [0.29, 0.717) is 13.0 Å². The van der Waals surface area contributed by atoms with Gasteiger partial charge in [-0.2, -0.15) is 0 Å². The zero-order valence-corrected chi connectivity index (χ0v) is 13.3. The summed E-state index contributed by atoms with van der Waals surface area (Å²) in [6.07, 6.45) is 2.08. The summed E-state index contributed by atoms with van der Waals surface area (Å²) in [4.78, 5) is 11.1. The fourth-order valence-corrected chi connectivity index (χ4v) is 2.84. The average molecular weight is 318 g/mol. The second kappa shape index (κ2) is 7.58. The fraction of sp³-hybridized carbons (Fsp3) is 0.615. The minimum Gasteiger partial charge on any atom is -0.477 e. The van der Waals surface area contributed by atoms with Gasteiger partial charge in [0.1, 0.15) is 10.6 Å². The van der Waals surface area contributed by atoms with E-state index in [1.807, 2.05) is 20.8 Å². The number of carboxylic acids is 1. The van der Waals surface area contributed by atoms with Crippen molar-refractivity contribution in [1.82, 2.24) is 9.29 Å². The van der Waals surface area contributed by atoms with Gasteiger partial charge in [0.05, 0.1) is 12.7 Å². The lowest BCUT2D eigenvalue weighted by Gasteiger charge is -2.08. The smallest absolute Gasteiger partial charge is 0.352 e. The molecule has 1 aromatic heterocycles. The zero-order valence-electron chi connectivity index (χ0n) is 12.5. The van der Waals surface area contributed by atoms with Gasteiger partial charge in [-0.3, -0.25) is 0 Å². The molecule has 0 bridgehead atoms. The van der Waals surface area contributed by atoms with Crippen LogP contribution in [0.4, 0.5) is 0 Å². The predicted molar refractivity (Wildman–Crippen MR) is 78.0 cm³/mol. The van der Waals surface area contributed by atoms with Crippen molar-refractivity contribution in [2.45, 2.75) is 44.7 Å². The molecule has 0 aliphatic rings. The molecule has 1 rings (SSSR count). The molecule has 0 atom stereocenters. The Morgan fingerprint density at radius 2 is 2.14 bits per heavy atom. The topological polar surface area (TPSA) is 97.6 Å². The van der Waals surface area contributed by atoms with Crippen molar-refractivity contribution in [3.63, 3.8) is 0 Å². The van der Waals surface area contributed by atoms with Crippen LogP contribution in [0.3, 0.4) is 0 Å². The lowest BCUT2D eigenvalue weighted by molar-refractivity contribution is 0.0685. The second-order valence-corrected chi connectivity index (χ2v) is 6.64. The van der Waals surface area contributed by atoms with E-state index in [1.165, 1.54) is 16.8 Å². The molecule has 120 valence electrons. The number of carboxylic acid groups (broad SMARTS) is 1. The Balaban J connectivity index is 2.83. The molecule has 0 aliphatic heterocycles. The molecular weight excluding hydrogens is 296 g/mol. The molecular formula is C13H22N2O5S. The fourth-order valence-electron chi connectivity index (χ4n) is 1.79. The van der Waals surface area contributed by atoms with Gasteiger partial charge in [0, 0.05) is 19.3 Å². The maximum Gasteiger partial charge on any atom is 0.352 e. The molecule has 2 N–H and O–H groups in total. The summed E-state index contributed by atoms with van der Waals surface area (Å²) in [5, 5.41) is 9.09. The number of hydrogen-bond donors (Lipinski definition) is 2. The van der Waals surface area contributed by atoms with Crippen LogP contribution in [-0.4, -0.2) is 43.3 Å². The van der Waals surface area contributed by atoms with E-state index in [4.69, 9.17) is 9.84 Å². The van der Waals surface area contributed by atoms with Crippen LogP contribution in [0.2, 0.25) is 0 Å². The highest BCUT2D eigenvalue weighted by molar-refractivity contribution is 7.89. The third-order valence-corrected chi connectivity index (χ3v) is 4.14. The molecule has 0 saturated carbocycles. The molecule has 7 nitrogen and oxygen atoms in total. The third kappa shape index (κ3) is 5.14. The van der Waals surface area contributed by atoms with Gasteiger partial charge in [0.15, 0.2) is 0 Å². The van der Waals surface area contributed by atoms with Crippen molar-refractivity contribution in [3.8, 4) is 0 Å². The van der Waals surface area contributed by atoms with Crippen molar-refractivity contribution in [2.24, 2.45) is 0 Å². The first-order valence-corrected chi connectivity index (χ1v) is 8.31. The van der Waals surface area contributed by atoms with Crippen LogP contribution in [0.5, 0.6) is 0 Å². The Bertz CT molecular complexity index is 577. The summed E-state index contributed by atoms with van der Waals surface area (Å²) in [5.74, 6) is -1.15. The number of hydrogen-bond acceptors (Lipinski definition) is 4. The number of ether oxygens (including phenoxy) is 1. The van der Waals surface area contributed by atoms with Gasteiger partial charge in [0.2, 0.25) is 10.0 Å². The molecule has 0 saturated heterocycles. The van der Waals surface area contributed by atoms with Gasteiger partial charge < -0.3 is 14.4 Å². The van der Waals surface area contributed by atoms with Crippen LogP contribution in [0, 0.1) is 0 Å². The van der Waals surface area contributed by atoms with E-state index in [1.54, 1.807) is 0 Å². The van der Waals surface area contributed by atoms with E-state index in [2.05, 4.69) is 4.72 Å². The van der Waals surface area contributed by atoms with E-state index < -0.39 is 16.0 Å². The first kappa shape index (κ1) is 17.7. The molecule has 0 fully saturated rings. The number of aromatic nitrogens is 1. The number of aryl methyl sites for hydroxylation is 1. The van der Waals surface area contributed by atoms with E-state index in [0.717, 1.165) is 0 Å². The van der Waals surface area contributed by atoms with Gasteiger partial charge in [0.25, 0.3) is 0 Å². The normalized spacial score (nSPS) is 12.0. The Labute approximate surface area is 125 Å². The highest BCUT2D eigenvalue weighted by Gasteiger charge is 2.20. The Hall–Kier alpha value is -1.38. The molecule has 0 aromatic carbocycles. The highest BCUT2D eigenvalue weighted by Crippen LogP contribution is 2.15. The standard InChI is InChI=1S/C13H22N2O5S/c1-4-6-15-9-11(8-12(15)13(16)17)21(18,19)14-5-7-20-10(2)3/h8-10,14H,4-7H2,1-3H3,(H,16,17). The Morgan fingerprint density at radius 1 is 1.48 bits per heavy atom. The van der Waals surface area contributed by atoms with Crippen molar-refractivity contribution >= 4 is 16.0 Å². The average Bonchev–Trinajstić information content (AvgIpc) is 2.80. The zero-order chi connectivity index (χ0) is 16.0. The lowest BCUT2D eigenvalue weighted by Crippen LogP contribution is -2.28. The van der Waals surface area contributed by atoms with Crippen molar-refractivity contribution < 1.29 is 23.1 Å². The minimum atomic E-state index is -3.73. The van der Waals surface area contributed by atoms with E-state index >= 15 is 0 Å². The molecule has 0 unspecified atom stereocenters. The molecule has 8 heteroatoms. The van der Waals surface area contributed by atoms with Crippen LogP contribution in [0.1, 0.15) is 37.7 Å². The SMILES string of the molecule is CCCn1cc(S(=O)(=O)NCCOC(C)C)cc1C(=O)O. The van der Waals surface area contributed by atoms with Crippen LogP contribution in [0.15, 0.2) is 17.2 Å². The quantitative estimate of drug-likeness (QED) is 0.669. The van der Waals surface area contributed by atoms with Crippen molar-refractivity contribution in [1.29, 1.82) is 0 Å². The third-order valence-electron chi connectivity index (χ3n) is 2.71. The first-order chi connectivity index (χ1) is 9.77. The largest absolute Gasteiger partial charge is 0.477 e. The number of sulfonamides is 1. The highest BCUT2D eigenvalue weighted by atomic mass is 32.2. The predicted octanol–water partition coefficient (Wildman–Crippen LogP) is 1.30. The molecule has 0 radical (unpaired) electrons. The van der Waals surface area contributed by atoms with Gasteiger partial charge in [-0.1, -0.05) is 6.92 Å². The maximum atomic E-state index is 12.1. The Morgan fingerprint density at radius 3 is 2.67 bits per heavy atom. The molecule has 1 heterocycles. The summed E-state index contributed by atoms with van der Waals surface area (Å²) in [7, 11) is -3.73. The van der Waals surface area contributed by atoms with Crippen molar-refractivity contribution in [2.75, 3.05) is 13.2 Å². The van der Waals surface area contributed by atoms with Crippen LogP contribution >= 0.6 is 0 Å². The van der Waals surface area contributed by atoms with Crippen molar-refractivity contribution in [3.05, 3.63) is 18.0 Å².